The minimum Gasteiger partial charge on any atom is -0.479 e. The van der Waals surface area contributed by atoms with E-state index in [2.05, 4.69) is 0 Å². The average Bonchev–Trinajstić information content (AvgIpc) is 2.81. The molecule has 0 aromatic rings. The van der Waals surface area contributed by atoms with Crippen molar-refractivity contribution in [3.05, 3.63) is 0 Å². The Labute approximate surface area is 79.1 Å². The lowest BCUT2D eigenvalue weighted by molar-refractivity contribution is -0.168. The van der Waals surface area contributed by atoms with Gasteiger partial charge in [-0.1, -0.05) is 13.8 Å². The van der Waals surface area contributed by atoms with Gasteiger partial charge in [0.25, 0.3) is 0 Å². The molecule has 1 rings (SSSR count). The molecule has 0 saturated heterocycles. The number of hydrogen-bond donors (Lipinski definition) is 1. The molecule has 0 aromatic carbocycles. The van der Waals surface area contributed by atoms with Crippen molar-refractivity contribution in [2.75, 3.05) is 6.61 Å². The first-order chi connectivity index (χ1) is 5.97. The highest BCUT2D eigenvalue weighted by Crippen LogP contribution is 2.42. The van der Waals surface area contributed by atoms with Gasteiger partial charge in [0.1, 0.15) is 0 Å². The normalized spacial score (nSPS) is 21.5. The van der Waals surface area contributed by atoms with Gasteiger partial charge in [-0.2, -0.15) is 0 Å². The van der Waals surface area contributed by atoms with Crippen molar-refractivity contribution in [3.63, 3.8) is 0 Å². The van der Waals surface area contributed by atoms with Crippen LogP contribution in [0.15, 0.2) is 0 Å². The van der Waals surface area contributed by atoms with Gasteiger partial charge in [0.15, 0.2) is 5.60 Å². The zero-order valence-corrected chi connectivity index (χ0v) is 8.54. The average molecular weight is 186 g/mol. The zero-order chi connectivity index (χ0) is 10.1. The molecule has 0 radical (unpaired) electrons. The van der Waals surface area contributed by atoms with Crippen molar-refractivity contribution in [2.24, 2.45) is 11.8 Å². The monoisotopic (exact) mass is 186 g/mol. The van der Waals surface area contributed by atoms with Gasteiger partial charge >= 0.3 is 5.97 Å². The third-order valence-electron chi connectivity index (χ3n) is 2.50. The smallest absolute Gasteiger partial charge is 0.335 e. The van der Waals surface area contributed by atoms with Crippen LogP contribution in [0, 0.1) is 11.8 Å². The lowest BCUT2D eigenvalue weighted by Gasteiger charge is -2.26. The molecule has 1 aliphatic rings. The maximum atomic E-state index is 11.0. The summed E-state index contributed by atoms with van der Waals surface area (Å²) < 4.78 is 5.48. The van der Waals surface area contributed by atoms with E-state index in [1.165, 1.54) is 0 Å². The van der Waals surface area contributed by atoms with Gasteiger partial charge in [0.05, 0.1) is 6.61 Å². The minimum absolute atomic E-state index is 0.226. The summed E-state index contributed by atoms with van der Waals surface area (Å²) >= 11 is 0. The zero-order valence-electron chi connectivity index (χ0n) is 8.54. The summed E-state index contributed by atoms with van der Waals surface area (Å²) in [5.74, 6) is -0.211. The highest BCUT2D eigenvalue weighted by atomic mass is 16.5. The molecular formula is C10H18O3. The number of carboxylic acid groups (broad SMARTS) is 1. The Bertz CT molecular complexity index is 196. The van der Waals surface area contributed by atoms with Crippen LogP contribution in [0.2, 0.25) is 0 Å². The molecule has 0 aliphatic heterocycles. The quantitative estimate of drug-likeness (QED) is 0.713. The van der Waals surface area contributed by atoms with Gasteiger partial charge in [-0.15, -0.1) is 0 Å². The van der Waals surface area contributed by atoms with Crippen molar-refractivity contribution in [2.45, 2.75) is 39.2 Å². The van der Waals surface area contributed by atoms with Crippen LogP contribution >= 0.6 is 0 Å². The summed E-state index contributed by atoms with van der Waals surface area (Å²) in [5.41, 5.74) is -0.940. The maximum Gasteiger partial charge on any atom is 0.335 e. The number of ether oxygens (including phenoxy) is 1. The molecule has 1 saturated carbocycles. The first-order valence-corrected chi connectivity index (χ1v) is 4.84. The van der Waals surface area contributed by atoms with E-state index in [-0.39, 0.29) is 5.92 Å². The first kappa shape index (κ1) is 10.5. The predicted molar refractivity (Wildman–Crippen MR) is 49.6 cm³/mol. The fourth-order valence-corrected chi connectivity index (χ4v) is 1.33. The number of carboxylic acids is 1. The molecule has 1 unspecified atom stereocenters. The Hall–Kier alpha value is -0.570. The Morgan fingerprint density at radius 2 is 2.15 bits per heavy atom. The molecule has 1 fully saturated rings. The lowest BCUT2D eigenvalue weighted by atomic mass is 10.0. The molecule has 1 atom stereocenters. The predicted octanol–water partition coefficient (Wildman–Crippen LogP) is 1.91. The van der Waals surface area contributed by atoms with Crippen molar-refractivity contribution in [1.29, 1.82) is 0 Å². The van der Waals surface area contributed by atoms with Crippen LogP contribution in [0.5, 0.6) is 0 Å². The van der Waals surface area contributed by atoms with E-state index >= 15 is 0 Å². The number of hydrogen-bond acceptors (Lipinski definition) is 2. The largest absolute Gasteiger partial charge is 0.479 e. The molecule has 1 aliphatic carbocycles. The second-order valence-corrected chi connectivity index (χ2v) is 4.39. The van der Waals surface area contributed by atoms with Crippen molar-refractivity contribution in [1.82, 2.24) is 0 Å². The fraction of sp³-hybridized carbons (Fsp3) is 0.900. The number of rotatable bonds is 5. The molecule has 76 valence electrons. The second kappa shape index (κ2) is 3.66. The molecule has 0 bridgehead atoms. The van der Waals surface area contributed by atoms with Crippen LogP contribution in [0.1, 0.15) is 33.6 Å². The molecular weight excluding hydrogens is 168 g/mol. The summed E-state index contributed by atoms with van der Waals surface area (Å²) in [4.78, 5) is 11.0. The van der Waals surface area contributed by atoms with Crippen molar-refractivity contribution >= 4 is 5.97 Å². The van der Waals surface area contributed by atoms with Crippen LogP contribution in [0.3, 0.4) is 0 Å². The Morgan fingerprint density at radius 1 is 1.62 bits per heavy atom. The highest BCUT2D eigenvalue weighted by Gasteiger charge is 2.48. The third kappa shape index (κ3) is 2.44. The van der Waals surface area contributed by atoms with E-state index in [0.29, 0.717) is 12.5 Å². The topological polar surface area (TPSA) is 46.5 Å². The van der Waals surface area contributed by atoms with E-state index in [1.54, 1.807) is 6.92 Å². The van der Waals surface area contributed by atoms with Crippen LogP contribution in [0.25, 0.3) is 0 Å². The first-order valence-electron chi connectivity index (χ1n) is 4.84. The summed E-state index contributed by atoms with van der Waals surface area (Å²) in [6.45, 7) is 6.26. The Morgan fingerprint density at radius 3 is 2.46 bits per heavy atom. The van der Waals surface area contributed by atoms with Crippen molar-refractivity contribution < 1.29 is 14.6 Å². The van der Waals surface area contributed by atoms with Crippen molar-refractivity contribution in [3.8, 4) is 0 Å². The number of carbonyl (C=O) groups is 1. The van der Waals surface area contributed by atoms with Gasteiger partial charge < -0.3 is 9.84 Å². The van der Waals surface area contributed by atoms with E-state index < -0.39 is 11.6 Å². The third-order valence-corrected chi connectivity index (χ3v) is 2.50. The summed E-state index contributed by atoms with van der Waals surface area (Å²) in [6.07, 6.45) is 1.97. The second-order valence-electron chi connectivity index (χ2n) is 4.39. The minimum atomic E-state index is -0.940. The fourth-order valence-electron chi connectivity index (χ4n) is 1.33. The summed E-state index contributed by atoms with van der Waals surface area (Å²) in [6, 6.07) is 0. The highest BCUT2D eigenvalue weighted by molar-refractivity contribution is 5.77. The van der Waals surface area contributed by atoms with Crippen LogP contribution in [-0.4, -0.2) is 23.3 Å². The van der Waals surface area contributed by atoms with Crippen LogP contribution < -0.4 is 0 Å². The molecule has 0 aromatic heterocycles. The maximum absolute atomic E-state index is 11.0. The Kier molecular flexibility index (Phi) is 2.96. The summed E-state index contributed by atoms with van der Waals surface area (Å²) in [7, 11) is 0. The molecule has 1 N–H and O–H groups in total. The van der Waals surface area contributed by atoms with Crippen LogP contribution in [0.4, 0.5) is 0 Å². The lowest BCUT2D eigenvalue weighted by Crippen LogP contribution is -2.41. The van der Waals surface area contributed by atoms with Gasteiger partial charge in [-0.25, -0.2) is 4.79 Å². The molecule has 0 spiro atoms. The van der Waals surface area contributed by atoms with Gasteiger partial charge in [0.2, 0.25) is 0 Å². The SMILES string of the molecule is CC(C)COC(C)(C(=O)O)C1CC1. The molecule has 13 heavy (non-hydrogen) atoms. The van der Waals surface area contributed by atoms with E-state index in [4.69, 9.17) is 9.84 Å². The standard InChI is InChI=1S/C10H18O3/c1-7(2)6-13-10(3,9(11)12)8-4-5-8/h7-8H,4-6H2,1-3H3,(H,11,12). The number of aliphatic carboxylic acids is 1. The molecule has 3 heteroatoms. The molecule has 3 nitrogen and oxygen atoms in total. The summed E-state index contributed by atoms with van der Waals surface area (Å²) in [5, 5.41) is 9.03. The van der Waals surface area contributed by atoms with E-state index in [0.717, 1.165) is 12.8 Å². The Balaban J connectivity index is 2.51. The van der Waals surface area contributed by atoms with Gasteiger partial charge in [0, 0.05) is 0 Å². The van der Waals surface area contributed by atoms with Gasteiger partial charge in [-0.3, -0.25) is 0 Å². The molecule has 0 amide bonds. The van der Waals surface area contributed by atoms with Crippen LogP contribution in [-0.2, 0) is 9.53 Å². The van der Waals surface area contributed by atoms with E-state index in [1.807, 2.05) is 13.8 Å². The van der Waals surface area contributed by atoms with Gasteiger partial charge in [-0.05, 0) is 31.6 Å². The van der Waals surface area contributed by atoms with E-state index in [9.17, 15) is 4.79 Å². The molecule has 0 heterocycles.